The molecule has 0 atom stereocenters. The number of aryl methyl sites for hydroxylation is 1. The summed E-state index contributed by atoms with van der Waals surface area (Å²) < 4.78 is 17.9. The van der Waals surface area contributed by atoms with Crippen LogP contribution in [0.5, 0.6) is 0 Å². The van der Waals surface area contributed by atoms with Crippen molar-refractivity contribution in [3.8, 4) is 10.4 Å². The number of hydrogen-bond acceptors (Lipinski definition) is 7. The van der Waals surface area contributed by atoms with E-state index >= 15 is 0 Å². The fourth-order valence-corrected chi connectivity index (χ4v) is 3.82. The molecule has 3 aromatic rings. The van der Waals surface area contributed by atoms with Crippen LogP contribution in [0.2, 0.25) is 0 Å². The molecular formula is C19H17FN4O4S2. The maximum Gasteiger partial charge on any atom is 0.279 e. The van der Waals surface area contributed by atoms with Crippen molar-refractivity contribution in [2.24, 2.45) is 0 Å². The zero-order valence-corrected chi connectivity index (χ0v) is 17.4. The van der Waals surface area contributed by atoms with E-state index in [2.05, 4.69) is 21.3 Å². The summed E-state index contributed by atoms with van der Waals surface area (Å²) >= 11 is 2.30. The van der Waals surface area contributed by atoms with Crippen LogP contribution in [0.15, 0.2) is 47.0 Å². The number of nitrogens with zero attached hydrogens (tertiary/aromatic N) is 1. The predicted molar refractivity (Wildman–Crippen MR) is 113 cm³/mol. The average molecular weight is 449 g/mol. The second-order valence-electron chi connectivity index (χ2n) is 6.04. The monoisotopic (exact) mass is 448 g/mol. The molecular weight excluding hydrogens is 431 g/mol. The molecule has 11 heteroatoms. The van der Waals surface area contributed by atoms with Gasteiger partial charge in [-0.3, -0.25) is 25.2 Å². The highest BCUT2D eigenvalue weighted by molar-refractivity contribution is 8.00. The van der Waals surface area contributed by atoms with Gasteiger partial charge in [-0.1, -0.05) is 17.3 Å². The van der Waals surface area contributed by atoms with Crippen LogP contribution in [-0.2, 0) is 9.59 Å². The first-order chi connectivity index (χ1) is 14.4. The number of nitrogens with one attached hydrogen (secondary N) is 3. The number of carbonyl (C=O) groups excluding carboxylic acids is 3. The van der Waals surface area contributed by atoms with E-state index in [-0.39, 0.29) is 23.2 Å². The Balaban J connectivity index is 1.38. The van der Waals surface area contributed by atoms with Gasteiger partial charge in [-0.25, -0.2) is 4.39 Å². The summed E-state index contributed by atoms with van der Waals surface area (Å²) in [6, 6.07) is 10.9. The van der Waals surface area contributed by atoms with Gasteiger partial charge in [0.15, 0.2) is 5.82 Å². The van der Waals surface area contributed by atoms with Crippen LogP contribution in [0.25, 0.3) is 10.4 Å². The number of hydrazine groups is 1. The molecule has 156 valence electrons. The normalized spacial score (nSPS) is 10.5. The minimum atomic E-state index is -0.467. The zero-order valence-electron chi connectivity index (χ0n) is 15.7. The molecule has 3 amide bonds. The van der Waals surface area contributed by atoms with Gasteiger partial charge >= 0.3 is 0 Å². The molecule has 30 heavy (non-hydrogen) atoms. The van der Waals surface area contributed by atoms with Gasteiger partial charge in [0.05, 0.1) is 16.4 Å². The van der Waals surface area contributed by atoms with Crippen molar-refractivity contribution < 1.29 is 23.3 Å². The Bertz CT molecular complexity index is 1050. The smallest absolute Gasteiger partial charge is 0.279 e. The Labute approximate surface area is 179 Å². The van der Waals surface area contributed by atoms with E-state index in [4.69, 9.17) is 4.52 Å². The number of halogens is 1. The molecule has 0 saturated heterocycles. The van der Waals surface area contributed by atoms with E-state index < -0.39 is 11.8 Å². The summed E-state index contributed by atoms with van der Waals surface area (Å²) in [5.41, 5.74) is 5.42. The SMILES string of the molecule is Cc1cc(NC(=O)CSCC(=O)NNC(=O)c2ccc(-c3ccc(F)cc3)s2)no1. The lowest BCUT2D eigenvalue weighted by Gasteiger charge is -2.06. The molecule has 0 aliphatic heterocycles. The third kappa shape index (κ3) is 6.16. The number of benzene rings is 1. The van der Waals surface area contributed by atoms with Crippen LogP contribution in [0.4, 0.5) is 10.2 Å². The van der Waals surface area contributed by atoms with Gasteiger partial charge in [-0.2, -0.15) is 0 Å². The van der Waals surface area contributed by atoms with E-state index in [9.17, 15) is 18.8 Å². The molecule has 8 nitrogen and oxygen atoms in total. The topological polar surface area (TPSA) is 113 Å². The fraction of sp³-hybridized carbons (Fsp3) is 0.158. The van der Waals surface area contributed by atoms with Gasteiger partial charge in [-0.15, -0.1) is 23.1 Å². The molecule has 0 aliphatic carbocycles. The Morgan fingerprint density at radius 1 is 1.07 bits per heavy atom. The predicted octanol–water partition coefficient (Wildman–Crippen LogP) is 2.98. The second-order valence-corrected chi connectivity index (χ2v) is 8.11. The molecule has 0 unspecified atom stereocenters. The van der Waals surface area contributed by atoms with Crippen LogP contribution >= 0.6 is 23.1 Å². The lowest BCUT2D eigenvalue weighted by atomic mass is 10.2. The van der Waals surface area contributed by atoms with E-state index in [1.165, 1.54) is 23.5 Å². The molecule has 3 N–H and O–H groups in total. The van der Waals surface area contributed by atoms with Crippen molar-refractivity contribution in [3.63, 3.8) is 0 Å². The summed E-state index contributed by atoms with van der Waals surface area (Å²) in [7, 11) is 0. The van der Waals surface area contributed by atoms with Gasteiger partial charge in [0.1, 0.15) is 11.6 Å². The molecule has 2 aromatic heterocycles. The molecule has 0 radical (unpaired) electrons. The number of rotatable bonds is 7. The molecule has 3 rings (SSSR count). The summed E-state index contributed by atoms with van der Waals surface area (Å²) in [6.07, 6.45) is 0. The first kappa shape index (κ1) is 21.5. The summed E-state index contributed by atoms with van der Waals surface area (Å²) in [5.74, 6) is -0.665. The number of anilines is 1. The van der Waals surface area contributed by atoms with Gasteiger partial charge in [-0.05, 0) is 36.8 Å². The summed E-state index contributed by atoms with van der Waals surface area (Å²) in [6.45, 7) is 1.70. The number of amides is 3. The third-order valence-corrected chi connectivity index (χ3v) is 5.70. The number of thioether (sulfide) groups is 1. The van der Waals surface area contributed by atoms with Crippen molar-refractivity contribution in [2.75, 3.05) is 16.8 Å². The van der Waals surface area contributed by atoms with Crippen LogP contribution in [-0.4, -0.2) is 34.4 Å². The van der Waals surface area contributed by atoms with Crippen molar-refractivity contribution in [1.29, 1.82) is 0 Å². The first-order valence-corrected chi connectivity index (χ1v) is 10.6. The van der Waals surface area contributed by atoms with Gasteiger partial charge in [0.25, 0.3) is 5.91 Å². The van der Waals surface area contributed by atoms with Gasteiger partial charge < -0.3 is 9.84 Å². The number of aromatic nitrogens is 1. The van der Waals surface area contributed by atoms with Crippen molar-refractivity contribution in [3.05, 3.63) is 58.9 Å². The molecule has 0 spiro atoms. The van der Waals surface area contributed by atoms with E-state index in [0.29, 0.717) is 16.5 Å². The number of thiophene rings is 1. The van der Waals surface area contributed by atoms with Gasteiger partial charge in [0.2, 0.25) is 11.8 Å². The van der Waals surface area contributed by atoms with Crippen molar-refractivity contribution in [2.45, 2.75) is 6.92 Å². The number of hydrogen-bond donors (Lipinski definition) is 3. The maximum atomic E-state index is 13.0. The second kappa shape index (κ2) is 10.0. The molecule has 2 heterocycles. The Hall–Kier alpha value is -3.18. The Kier molecular flexibility index (Phi) is 7.20. The molecule has 0 saturated carbocycles. The van der Waals surface area contributed by atoms with Crippen molar-refractivity contribution in [1.82, 2.24) is 16.0 Å². The summed E-state index contributed by atoms with van der Waals surface area (Å²) in [5, 5.41) is 6.18. The number of carbonyl (C=O) groups is 3. The third-order valence-electron chi connectivity index (χ3n) is 3.64. The average Bonchev–Trinajstić information content (AvgIpc) is 3.36. The largest absolute Gasteiger partial charge is 0.360 e. The van der Waals surface area contributed by atoms with E-state index in [0.717, 1.165) is 22.2 Å². The van der Waals surface area contributed by atoms with Crippen LogP contribution in [0.3, 0.4) is 0 Å². The molecule has 0 bridgehead atoms. The quantitative estimate of drug-likeness (QED) is 0.479. The lowest BCUT2D eigenvalue weighted by molar-refractivity contribution is -0.119. The molecule has 0 aliphatic rings. The Morgan fingerprint density at radius 3 is 2.50 bits per heavy atom. The Morgan fingerprint density at radius 2 is 1.80 bits per heavy atom. The molecule has 0 fully saturated rings. The minimum absolute atomic E-state index is 0.0171. The van der Waals surface area contributed by atoms with Gasteiger partial charge in [0, 0.05) is 10.9 Å². The minimum Gasteiger partial charge on any atom is -0.360 e. The highest BCUT2D eigenvalue weighted by atomic mass is 32.2. The van der Waals surface area contributed by atoms with Crippen LogP contribution < -0.4 is 16.2 Å². The zero-order chi connectivity index (χ0) is 21.5. The standard InChI is InChI=1S/C19H17FN4O4S2/c1-11-8-16(24-28-11)21-17(25)9-29-10-18(26)22-23-19(27)15-7-6-14(30-15)12-2-4-13(20)5-3-12/h2-8H,9-10H2,1H3,(H,22,26)(H,23,27)(H,21,24,25). The summed E-state index contributed by atoms with van der Waals surface area (Å²) in [4.78, 5) is 37.0. The maximum absolute atomic E-state index is 13.0. The lowest BCUT2D eigenvalue weighted by Crippen LogP contribution is -2.42. The molecule has 1 aromatic carbocycles. The highest BCUT2D eigenvalue weighted by Crippen LogP contribution is 2.28. The van der Waals surface area contributed by atoms with E-state index in [1.807, 2.05) is 0 Å². The fourth-order valence-electron chi connectivity index (χ4n) is 2.29. The van der Waals surface area contributed by atoms with Crippen LogP contribution in [0.1, 0.15) is 15.4 Å². The highest BCUT2D eigenvalue weighted by Gasteiger charge is 2.12. The van der Waals surface area contributed by atoms with Crippen LogP contribution in [0, 0.1) is 12.7 Å². The van der Waals surface area contributed by atoms with Crippen molar-refractivity contribution >= 4 is 46.6 Å². The first-order valence-electron chi connectivity index (χ1n) is 8.66. The van der Waals surface area contributed by atoms with E-state index in [1.54, 1.807) is 37.3 Å².